The lowest BCUT2D eigenvalue weighted by molar-refractivity contribution is 0.0299. The molecule has 1 N–H and O–H groups in total. The van der Waals surface area contributed by atoms with Gasteiger partial charge in [-0.05, 0) is 40.5 Å². The molecule has 0 aliphatic carbocycles. The number of aryl methyl sites for hydroxylation is 1. The molecule has 2 aromatic rings. The van der Waals surface area contributed by atoms with Gasteiger partial charge < -0.3 is 15.0 Å². The number of nitrogens with one attached hydrogen (secondary N) is 1. The standard InChI is InChI=1S/C16H17BrN4O2/c1-11-2-3-13(12(17)8-11)20-15-9-14(18-10-19-15)16(22)21-4-6-23-7-5-21/h2-3,8-10H,4-7H2,1H3,(H,18,19,20). The van der Waals surface area contributed by atoms with E-state index < -0.39 is 0 Å². The van der Waals surface area contributed by atoms with Gasteiger partial charge in [-0.15, -0.1) is 0 Å². The molecule has 2 heterocycles. The monoisotopic (exact) mass is 376 g/mol. The largest absolute Gasteiger partial charge is 0.378 e. The number of amides is 1. The number of aromatic nitrogens is 2. The van der Waals surface area contributed by atoms with Gasteiger partial charge in [0, 0.05) is 23.6 Å². The maximum Gasteiger partial charge on any atom is 0.272 e. The molecule has 1 saturated heterocycles. The van der Waals surface area contributed by atoms with E-state index in [0.29, 0.717) is 37.8 Å². The number of benzene rings is 1. The fourth-order valence-corrected chi connectivity index (χ4v) is 2.92. The average Bonchev–Trinajstić information content (AvgIpc) is 2.58. The maximum absolute atomic E-state index is 12.5. The van der Waals surface area contributed by atoms with Crippen LogP contribution in [0.2, 0.25) is 0 Å². The SMILES string of the molecule is Cc1ccc(Nc2cc(C(=O)N3CCOCC3)ncn2)c(Br)c1. The van der Waals surface area contributed by atoms with Gasteiger partial charge in [-0.25, -0.2) is 9.97 Å². The summed E-state index contributed by atoms with van der Waals surface area (Å²) in [5.41, 5.74) is 2.43. The molecule has 23 heavy (non-hydrogen) atoms. The molecule has 0 unspecified atom stereocenters. The molecule has 7 heteroatoms. The van der Waals surface area contributed by atoms with Crippen molar-refractivity contribution in [2.75, 3.05) is 31.6 Å². The fourth-order valence-electron chi connectivity index (χ4n) is 2.33. The van der Waals surface area contributed by atoms with E-state index >= 15 is 0 Å². The van der Waals surface area contributed by atoms with E-state index in [1.54, 1.807) is 11.0 Å². The third kappa shape index (κ3) is 3.86. The highest BCUT2D eigenvalue weighted by molar-refractivity contribution is 9.10. The number of anilines is 2. The Hall–Kier alpha value is -1.99. The molecule has 0 spiro atoms. The smallest absolute Gasteiger partial charge is 0.272 e. The van der Waals surface area contributed by atoms with Crippen molar-refractivity contribution in [3.63, 3.8) is 0 Å². The Morgan fingerprint density at radius 2 is 2.04 bits per heavy atom. The fraction of sp³-hybridized carbons (Fsp3) is 0.312. The first-order valence-corrected chi connectivity index (χ1v) is 8.15. The Morgan fingerprint density at radius 3 is 2.78 bits per heavy atom. The lowest BCUT2D eigenvalue weighted by Gasteiger charge is -2.26. The van der Waals surface area contributed by atoms with Crippen molar-refractivity contribution in [2.45, 2.75) is 6.92 Å². The summed E-state index contributed by atoms with van der Waals surface area (Å²) >= 11 is 3.52. The number of ether oxygens (including phenoxy) is 1. The van der Waals surface area contributed by atoms with Crippen LogP contribution in [0.15, 0.2) is 35.1 Å². The molecule has 0 radical (unpaired) electrons. The molecule has 120 valence electrons. The number of halogens is 1. The predicted octanol–water partition coefficient (Wildman–Crippen LogP) is 2.76. The summed E-state index contributed by atoms with van der Waals surface area (Å²) in [5, 5.41) is 3.20. The van der Waals surface area contributed by atoms with E-state index in [1.165, 1.54) is 6.33 Å². The number of hydrogen-bond donors (Lipinski definition) is 1. The minimum Gasteiger partial charge on any atom is -0.378 e. The number of morpholine rings is 1. The number of hydrogen-bond acceptors (Lipinski definition) is 5. The quantitative estimate of drug-likeness (QED) is 0.891. The second-order valence-corrected chi connectivity index (χ2v) is 6.16. The van der Waals surface area contributed by atoms with Gasteiger partial charge in [-0.1, -0.05) is 6.07 Å². The van der Waals surface area contributed by atoms with E-state index in [-0.39, 0.29) is 5.91 Å². The third-order valence-electron chi connectivity index (χ3n) is 3.57. The molecule has 0 atom stereocenters. The number of rotatable bonds is 3. The highest BCUT2D eigenvalue weighted by Gasteiger charge is 2.20. The molecule has 0 bridgehead atoms. The Morgan fingerprint density at radius 1 is 1.26 bits per heavy atom. The topological polar surface area (TPSA) is 67.4 Å². The summed E-state index contributed by atoms with van der Waals surface area (Å²) in [6.07, 6.45) is 1.40. The summed E-state index contributed by atoms with van der Waals surface area (Å²) < 4.78 is 6.21. The van der Waals surface area contributed by atoms with Crippen LogP contribution in [-0.4, -0.2) is 47.1 Å². The number of carbonyl (C=O) groups excluding carboxylic acids is 1. The summed E-state index contributed by atoms with van der Waals surface area (Å²) in [4.78, 5) is 22.5. The van der Waals surface area contributed by atoms with Crippen LogP contribution in [0.4, 0.5) is 11.5 Å². The summed E-state index contributed by atoms with van der Waals surface area (Å²) in [6, 6.07) is 7.66. The molecule has 1 aromatic carbocycles. The number of carbonyl (C=O) groups is 1. The van der Waals surface area contributed by atoms with Gasteiger partial charge in [0.05, 0.1) is 18.9 Å². The van der Waals surface area contributed by atoms with Crippen molar-refractivity contribution < 1.29 is 9.53 Å². The molecule has 3 rings (SSSR count). The minimum absolute atomic E-state index is 0.0956. The Bertz CT molecular complexity index is 717. The van der Waals surface area contributed by atoms with Crippen molar-refractivity contribution in [1.29, 1.82) is 0 Å². The molecule has 1 aliphatic heterocycles. The Kier molecular flexibility index (Phi) is 4.88. The minimum atomic E-state index is -0.0956. The molecule has 1 aliphatic rings. The molecule has 1 aromatic heterocycles. The molecular formula is C16H17BrN4O2. The molecule has 1 amide bonds. The zero-order valence-corrected chi connectivity index (χ0v) is 14.3. The predicted molar refractivity (Wildman–Crippen MR) is 90.9 cm³/mol. The molecule has 0 saturated carbocycles. The van der Waals surface area contributed by atoms with Crippen molar-refractivity contribution in [1.82, 2.24) is 14.9 Å². The second kappa shape index (κ2) is 7.06. The van der Waals surface area contributed by atoms with Crippen molar-refractivity contribution in [3.05, 3.63) is 46.3 Å². The summed E-state index contributed by atoms with van der Waals surface area (Å²) in [7, 11) is 0. The van der Waals surface area contributed by atoms with Crippen LogP contribution in [0.25, 0.3) is 0 Å². The highest BCUT2D eigenvalue weighted by Crippen LogP contribution is 2.26. The molecule has 6 nitrogen and oxygen atoms in total. The van der Waals surface area contributed by atoms with E-state index in [0.717, 1.165) is 15.7 Å². The molecule has 1 fully saturated rings. The van der Waals surface area contributed by atoms with E-state index in [9.17, 15) is 4.79 Å². The van der Waals surface area contributed by atoms with Crippen LogP contribution >= 0.6 is 15.9 Å². The van der Waals surface area contributed by atoms with E-state index in [1.807, 2.05) is 25.1 Å². The normalized spacial score (nSPS) is 14.6. The van der Waals surface area contributed by atoms with Crippen LogP contribution in [0, 0.1) is 6.92 Å². The van der Waals surface area contributed by atoms with Crippen molar-refractivity contribution >= 4 is 33.3 Å². The van der Waals surface area contributed by atoms with Gasteiger partial charge in [-0.3, -0.25) is 4.79 Å². The van der Waals surface area contributed by atoms with Gasteiger partial charge >= 0.3 is 0 Å². The van der Waals surface area contributed by atoms with E-state index in [2.05, 4.69) is 31.2 Å². The van der Waals surface area contributed by atoms with Gasteiger partial charge in [-0.2, -0.15) is 0 Å². The van der Waals surface area contributed by atoms with Crippen LogP contribution in [0.3, 0.4) is 0 Å². The zero-order valence-electron chi connectivity index (χ0n) is 12.8. The van der Waals surface area contributed by atoms with Crippen LogP contribution in [-0.2, 0) is 4.74 Å². The first-order chi connectivity index (χ1) is 11.1. The van der Waals surface area contributed by atoms with Gasteiger partial charge in [0.15, 0.2) is 0 Å². The Labute approximate surface area is 143 Å². The van der Waals surface area contributed by atoms with Gasteiger partial charge in [0.1, 0.15) is 17.8 Å². The zero-order chi connectivity index (χ0) is 16.2. The first kappa shape index (κ1) is 15.9. The Balaban J connectivity index is 1.78. The summed E-state index contributed by atoms with van der Waals surface area (Å²) in [5.74, 6) is 0.489. The average molecular weight is 377 g/mol. The lowest BCUT2D eigenvalue weighted by Crippen LogP contribution is -2.41. The lowest BCUT2D eigenvalue weighted by atomic mass is 10.2. The van der Waals surface area contributed by atoms with Crippen molar-refractivity contribution in [3.8, 4) is 0 Å². The second-order valence-electron chi connectivity index (χ2n) is 5.30. The third-order valence-corrected chi connectivity index (χ3v) is 4.23. The van der Waals surface area contributed by atoms with Gasteiger partial charge in [0.2, 0.25) is 0 Å². The number of nitrogens with zero attached hydrogens (tertiary/aromatic N) is 3. The van der Waals surface area contributed by atoms with E-state index in [4.69, 9.17) is 4.74 Å². The highest BCUT2D eigenvalue weighted by atomic mass is 79.9. The van der Waals surface area contributed by atoms with Crippen LogP contribution < -0.4 is 5.32 Å². The first-order valence-electron chi connectivity index (χ1n) is 7.36. The maximum atomic E-state index is 12.5. The van der Waals surface area contributed by atoms with Crippen molar-refractivity contribution in [2.24, 2.45) is 0 Å². The summed E-state index contributed by atoms with van der Waals surface area (Å²) in [6.45, 7) is 4.35. The molecular weight excluding hydrogens is 360 g/mol. The van der Waals surface area contributed by atoms with Gasteiger partial charge in [0.25, 0.3) is 5.91 Å². The van der Waals surface area contributed by atoms with Crippen LogP contribution in [0.1, 0.15) is 16.1 Å². The van der Waals surface area contributed by atoms with Crippen LogP contribution in [0.5, 0.6) is 0 Å².